The van der Waals surface area contributed by atoms with Gasteiger partial charge in [0.1, 0.15) is 5.58 Å². The number of amides is 1. The summed E-state index contributed by atoms with van der Waals surface area (Å²) in [5.41, 5.74) is 5.02. The number of anilines is 1. The lowest BCUT2D eigenvalue weighted by molar-refractivity contribution is 0.0998. The van der Waals surface area contributed by atoms with Crippen molar-refractivity contribution in [2.75, 3.05) is 5.32 Å². The predicted molar refractivity (Wildman–Crippen MR) is 144 cm³/mol. The van der Waals surface area contributed by atoms with Crippen LogP contribution in [0.2, 0.25) is 0 Å². The molecule has 1 fully saturated rings. The fraction of sp³-hybridized carbons (Fsp3) is 0.357. The highest BCUT2D eigenvalue weighted by atomic mass is 32.2. The number of hydrogen-bond acceptors (Lipinski definition) is 5. The van der Waals surface area contributed by atoms with E-state index >= 15 is 0 Å². The van der Waals surface area contributed by atoms with Gasteiger partial charge in [0.25, 0.3) is 5.91 Å². The fourth-order valence-electron chi connectivity index (χ4n) is 4.61. The van der Waals surface area contributed by atoms with E-state index in [0.29, 0.717) is 16.1 Å². The monoisotopic (exact) mass is 490 g/mol. The van der Waals surface area contributed by atoms with Gasteiger partial charge in [-0.1, -0.05) is 75.1 Å². The third-order valence-electron chi connectivity index (χ3n) is 6.43. The van der Waals surface area contributed by atoms with Gasteiger partial charge in [0.05, 0.1) is 5.69 Å². The number of fused-ring (bicyclic) bond motifs is 1. The van der Waals surface area contributed by atoms with Crippen molar-refractivity contribution in [3.05, 3.63) is 70.8 Å². The zero-order chi connectivity index (χ0) is 23.3. The van der Waals surface area contributed by atoms with Gasteiger partial charge in [-0.05, 0) is 30.9 Å². The minimum atomic E-state index is -0.227. The Bertz CT molecular complexity index is 1250. The number of rotatable bonds is 8. The van der Waals surface area contributed by atoms with Crippen LogP contribution in [0.3, 0.4) is 0 Å². The molecule has 1 aliphatic rings. The number of aromatic nitrogens is 1. The lowest BCUT2D eigenvalue weighted by atomic mass is 10.0. The van der Waals surface area contributed by atoms with Crippen LogP contribution in [-0.2, 0) is 12.2 Å². The molecule has 2 aromatic heterocycles. The minimum Gasteiger partial charge on any atom is -0.451 e. The summed E-state index contributed by atoms with van der Waals surface area (Å²) in [7, 11) is 0. The van der Waals surface area contributed by atoms with Gasteiger partial charge in [-0.25, -0.2) is 4.98 Å². The van der Waals surface area contributed by atoms with Crippen LogP contribution in [0.1, 0.15) is 67.1 Å². The van der Waals surface area contributed by atoms with E-state index in [4.69, 9.17) is 4.42 Å². The van der Waals surface area contributed by atoms with Gasteiger partial charge >= 0.3 is 0 Å². The number of para-hydroxylation sites is 1. The number of nitrogens with one attached hydrogen (secondary N) is 1. The van der Waals surface area contributed by atoms with Gasteiger partial charge in [-0.15, -0.1) is 11.3 Å². The molecule has 1 N–H and O–H groups in total. The van der Waals surface area contributed by atoms with Crippen molar-refractivity contribution in [2.45, 2.75) is 62.9 Å². The summed E-state index contributed by atoms with van der Waals surface area (Å²) in [6.07, 6.45) is 8.72. The van der Waals surface area contributed by atoms with Gasteiger partial charge in [-0.3, -0.25) is 10.1 Å². The molecule has 34 heavy (non-hydrogen) atoms. The van der Waals surface area contributed by atoms with E-state index in [2.05, 4.69) is 47.6 Å². The third kappa shape index (κ3) is 5.23. The Morgan fingerprint density at radius 1 is 1.12 bits per heavy atom. The van der Waals surface area contributed by atoms with Gasteiger partial charge in [0.2, 0.25) is 0 Å². The third-order valence-corrected chi connectivity index (χ3v) is 8.59. The van der Waals surface area contributed by atoms with E-state index in [1.54, 1.807) is 0 Å². The number of hydrogen-bond donors (Lipinski definition) is 1. The molecule has 0 aliphatic heterocycles. The first-order valence-electron chi connectivity index (χ1n) is 12.2. The van der Waals surface area contributed by atoms with Gasteiger partial charge in [0, 0.05) is 32.9 Å². The van der Waals surface area contributed by atoms with Gasteiger partial charge in [-0.2, -0.15) is 11.8 Å². The molecule has 2 heterocycles. The number of furan rings is 1. The number of carbonyl (C=O) groups excluding carboxylic acids is 1. The molecule has 1 saturated carbocycles. The van der Waals surface area contributed by atoms with E-state index < -0.39 is 0 Å². The summed E-state index contributed by atoms with van der Waals surface area (Å²) in [5.74, 6) is 0.970. The predicted octanol–water partition coefficient (Wildman–Crippen LogP) is 8.33. The van der Waals surface area contributed by atoms with Crippen LogP contribution in [0.4, 0.5) is 5.13 Å². The maximum Gasteiger partial charge on any atom is 0.293 e. The molecule has 0 radical (unpaired) electrons. The van der Waals surface area contributed by atoms with Crippen LogP contribution in [0, 0.1) is 0 Å². The highest BCUT2D eigenvalue weighted by molar-refractivity contribution is 7.99. The first-order chi connectivity index (χ1) is 16.7. The molecule has 2 aromatic carbocycles. The molecular formula is C28H30N2O2S2. The second kappa shape index (κ2) is 10.8. The lowest BCUT2D eigenvalue weighted by Crippen LogP contribution is -2.13. The van der Waals surface area contributed by atoms with Gasteiger partial charge < -0.3 is 4.42 Å². The Morgan fingerprint density at radius 3 is 2.71 bits per heavy atom. The first-order valence-corrected chi connectivity index (χ1v) is 14.1. The topological polar surface area (TPSA) is 55.1 Å². The Morgan fingerprint density at radius 2 is 1.91 bits per heavy atom. The quantitative estimate of drug-likeness (QED) is 0.270. The van der Waals surface area contributed by atoms with Crippen LogP contribution >= 0.6 is 23.1 Å². The standard InChI is InChI=1S/C28H30N2O2S2/c1-2-8-19-13-15-20(16-14-19)24-18-34-28(29-24)30-27(31)26-23(17-33-21-9-4-3-5-10-21)22-11-6-7-12-25(22)32-26/h6-7,11-16,18,21H,2-5,8-10,17H2,1H3,(H,29,30,31). The van der Waals surface area contributed by atoms with Crippen molar-refractivity contribution in [3.8, 4) is 11.3 Å². The van der Waals surface area contributed by atoms with Crippen molar-refractivity contribution in [3.63, 3.8) is 0 Å². The SMILES string of the molecule is CCCc1ccc(-c2csc(NC(=O)c3oc4ccccc4c3CSC3CCCCC3)n2)cc1. The Hall–Kier alpha value is -2.57. The van der Waals surface area contributed by atoms with E-state index in [-0.39, 0.29) is 5.91 Å². The molecule has 0 bridgehead atoms. The number of carbonyl (C=O) groups is 1. The van der Waals surface area contributed by atoms with Crippen LogP contribution in [0.25, 0.3) is 22.2 Å². The molecule has 0 unspecified atom stereocenters. The summed E-state index contributed by atoms with van der Waals surface area (Å²) in [4.78, 5) is 17.9. The molecule has 0 saturated heterocycles. The zero-order valence-electron chi connectivity index (χ0n) is 19.5. The highest BCUT2D eigenvalue weighted by Crippen LogP contribution is 2.35. The van der Waals surface area contributed by atoms with Gasteiger partial charge in [0.15, 0.2) is 10.9 Å². The minimum absolute atomic E-state index is 0.227. The second-order valence-electron chi connectivity index (χ2n) is 8.92. The highest BCUT2D eigenvalue weighted by Gasteiger charge is 2.23. The smallest absolute Gasteiger partial charge is 0.293 e. The van der Waals surface area contributed by atoms with Crippen LogP contribution in [-0.4, -0.2) is 16.1 Å². The molecule has 176 valence electrons. The van der Waals surface area contributed by atoms with E-state index in [0.717, 1.165) is 46.4 Å². The maximum absolute atomic E-state index is 13.3. The van der Waals surface area contributed by atoms with Crippen molar-refractivity contribution < 1.29 is 9.21 Å². The summed E-state index contributed by atoms with van der Waals surface area (Å²) in [5, 5.41) is 7.26. The van der Waals surface area contributed by atoms with Crippen molar-refractivity contribution >= 4 is 45.1 Å². The number of benzene rings is 2. The van der Waals surface area contributed by atoms with E-state index in [1.807, 2.05) is 35.3 Å². The summed E-state index contributed by atoms with van der Waals surface area (Å²) in [6, 6.07) is 16.5. The van der Waals surface area contributed by atoms with E-state index in [1.165, 1.54) is 49.0 Å². The Balaban J connectivity index is 1.33. The number of thioether (sulfide) groups is 1. The van der Waals surface area contributed by atoms with Crippen molar-refractivity contribution in [1.29, 1.82) is 0 Å². The first kappa shape index (κ1) is 23.2. The van der Waals surface area contributed by atoms with Crippen molar-refractivity contribution in [1.82, 2.24) is 4.98 Å². The average molecular weight is 491 g/mol. The molecule has 4 nitrogen and oxygen atoms in total. The number of aryl methyl sites for hydroxylation is 1. The zero-order valence-corrected chi connectivity index (χ0v) is 21.1. The molecule has 0 spiro atoms. The second-order valence-corrected chi connectivity index (χ2v) is 11.1. The van der Waals surface area contributed by atoms with E-state index in [9.17, 15) is 4.79 Å². The molecule has 1 aliphatic carbocycles. The fourth-order valence-corrected chi connectivity index (χ4v) is 6.68. The summed E-state index contributed by atoms with van der Waals surface area (Å²) >= 11 is 3.40. The lowest BCUT2D eigenvalue weighted by Gasteiger charge is -2.20. The number of thiazole rings is 1. The summed E-state index contributed by atoms with van der Waals surface area (Å²) in [6.45, 7) is 2.19. The maximum atomic E-state index is 13.3. The molecule has 5 rings (SSSR count). The molecule has 6 heteroatoms. The Labute approximate surface area is 209 Å². The Kier molecular flexibility index (Phi) is 7.36. The van der Waals surface area contributed by atoms with Crippen molar-refractivity contribution in [2.24, 2.45) is 0 Å². The molecular weight excluding hydrogens is 460 g/mol. The van der Waals surface area contributed by atoms with Crippen LogP contribution < -0.4 is 5.32 Å². The normalized spacial score (nSPS) is 14.5. The van der Waals surface area contributed by atoms with Crippen LogP contribution in [0.5, 0.6) is 0 Å². The summed E-state index contributed by atoms with van der Waals surface area (Å²) < 4.78 is 6.05. The molecule has 1 amide bonds. The number of nitrogens with zero attached hydrogens (tertiary/aromatic N) is 1. The molecule has 4 aromatic rings. The molecule has 0 atom stereocenters. The average Bonchev–Trinajstić information content (AvgIpc) is 3.49. The van der Waals surface area contributed by atoms with Crippen LogP contribution in [0.15, 0.2) is 58.3 Å². The largest absolute Gasteiger partial charge is 0.451 e.